The maximum atomic E-state index is 13.0. The van der Waals surface area contributed by atoms with Gasteiger partial charge in [-0.1, -0.05) is 36.4 Å². The summed E-state index contributed by atoms with van der Waals surface area (Å²) in [7, 11) is 0. The van der Waals surface area contributed by atoms with Crippen molar-refractivity contribution >= 4 is 23.3 Å². The largest absolute Gasteiger partial charge is 0.289 e. The second-order valence-corrected chi connectivity index (χ2v) is 8.19. The summed E-state index contributed by atoms with van der Waals surface area (Å²) in [5.74, 6) is -0.465. The normalized spacial score (nSPS) is 27.6. The Bertz CT molecular complexity index is 1040. The topological polar surface area (TPSA) is 54.5 Å². The molecule has 2 aromatic rings. The molecule has 140 valence electrons. The molecular formula is C24H21NO3. The van der Waals surface area contributed by atoms with Gasteiger partial charge in [-0.15, -0.1) is 0 Å². The number of amides is 2. The summed E-state index contributed by atoms with van der Waals surface area (Å²) in [4.78, 5) is 40.3. The van der Waals surface area contributed by atoms with Crippen molar-refractivity contribution in [2.45, 2.75) is 20.3 Å². The van der Waals surface area contributed by atoms with E-state index < -0.39 is 0 Å². The van der Waals surface area contributed by atoms with Crippen LogP contribution in [-0.2, 0) is 9.59 Å². The zero-order chi connectivity index (χ0) is 19.6. The van der Waals surface area contributed by atoms with Crippen LogP contribution in [0.15, 0.2) is 54.6 Å². The van der Waals surface area contributed by atoms with E-state index in [0.717, 1.165) is 17.5 Å². The molecule has 2 amide bonds. The molecule has 2 fully saturated rings. The summed E-state index contributed by atoms with van der Waals surface area (Å²) < 4.78 is 0. The Morgan fingerprint density at radius 3 is 2.14 bits per heavy atom. The third-order valence-corrected chi connectivity index (χ3v) is 6.61. The maximum Gasteiger partial charge on any atom is 0.238 e. The summed E-state index contributed by atoms with van der Waals surface area (Å²) in [5, 5.41) is 0. The van der Waals surface area contributed by atoms with Crippen LogP contribution in [0.2, 0.25) is 0 Å². The highest BCUT2D eigenvalue weighted by Crippen LogP contribution is 2.53. The second-order valence-electron chi connectivity index (χ2n) is 8.19. The van der Waals surface area contributed by atoms with Gasteiger partial charge in [-0.3, -0.25) is 14.4 Å². The lowest BCUT2D eigenvalue weighted by molar-refractivity contribution is -0.123. The number of hydrogen-bond acceptors (Lipinski definition) is 3. The second kappa shape index (κ2) is 5.99. The number of anilines is 1. The molecular weight excluding hydrogens is 350 g/mol. The molecule has 0 spiro atoms. The molecule has 1 heterocycles. The Balaban J connectivity index is 1.48. The fourth-order valence-electron chi connectivity index (χ4n) is 4.99. The lowest BCUT2D eigenvalue weighted by atomic mass is 9.85. The minimum Gasteiger partial charge on any atom is -0.289 e. The molecule has 4 atom stereocenters. The molecule has 2 aromatic carbocycles. The maximum absolute atomic E-state index is 13.0. The number of allylic oxidation sites excluding steroid dienone is 2. The molecule has 3 aliphatic rings. The zero-order valence-corrected chi connectivity index (χ0v) is 15.9. The Morgan fingerprint density at radius 2 is 1.50 bits per heavy atom. The molecule has 2 bridgehead atoms. The first-order chi connectivity index (χ1) is 13.5. The molecule has 0 N–H and O–H groups in total. The van der Waals surface area contributed by atoms with Crippen LogP contribution in [0, 0.1) is 37.5 Å². The number of carbonyl (C=O) groups excluding carboxylic acids is 3. The first kappa shape index (κ1) is 17.1. The number of benzene rings is 2. The van der Waals surface area contributed by atoms with Crippen LogP contribution < -0.4 is 4.90 Å². The number of fused-ring (bicyclic) bond motifs is 5. The Morgan fingerprint density at radius 1 is 0.857 bits per heavy atom. The number of imide groups is 1. The Labute approximate surface area is 163 Å². The monoisotopic (exact) mass is 371 g/mol. The number of hydrogen-bond donors (Lipinski definition) is 0. The van der Waals surface area contributed by atoms with Gasteiger partial charge >= 0.3 is 0 Å². The molecule has 1 saturated heterocycles. The summed E-state index contributed by atoms with van der Waals surface area (Å²) >= 11 is 0. The summed E-state index contributed by atoms with van der Waals surface area (Å²) in [5.41, 5.74) is 3.78. The molecule has 1 aliphatic heterocycles. The van der Waals surface area contributed by atoms with Gasteiger partial charge in [0.1, 0.15) is 0 Å². The average Bonchev–Trinajstić information content (AvgIpc) is 3.37. The van der Waals surface area contributed by atoms with Gasteiger partial charge < -0.3 is 0 Å². The highest BCUT2D eigenvalue weighted by atomic mass is 16.2. The quantitative estimate of drug-likeness (QED) is 0.468. The number of nitrogens with zero attached hydrogens (tertiary/aromatic N) is 1. The highest BCUT2D eigenvalue weighted by Gasteiger charge is 2.59. The minimum atomic E-state index is -0.235. The van der Waals surface area contributed by atoms with Crippen molar-refractivity contribution in [3.05, 3.63) is 76.9 Å². The fourth-order valence-corrected chi connectivity index (χ4v) is 4.99. The van der Waals surface area contributed by atoms with Gasteiger partial charge in [-0.05, 0) is 61.4 Å². The number of rotatable bonds is 3. The average molecular weight is 371 g/mol. The van der Waals surface area contributed by atoms with Crippen molar-refractivity contribution in [1.29, 1.82) is 0 Å². The summed E-state index contributed by atoms with van der Waals surface area (Å²) in [6.07, 6.45) is 5.08. The van der Waals surface area contributed by atoms with Gasteiger partial charge in [-0.2, -0.15) is 0 Å². The van der Waals surface area contributed by atoms with Crippen LogP contribution in [0.1, 0.15) is 33.5 Å². The van der Waals surface area contributed by atoms with Crippen molar-refractivity contribution in [3.8, 4) is 0 Å². The van der Waals surface area contributed by atoms with Gasteiger partial charge in [0, 0.05) is 11.1 Å². The Hall–Kier alpha value is -3.01. The van der Waals surface area contributed by atoms with E-state index in [1.807, 2.05) is 32.0 Å². The van der Waals surface area contributed by atoms with E-state index in [9.17, 15) is 14.4 Å². The Kier molecular flexibility index (Phi) is 3.66. The minimum absolute atomic E-state index is 0.106. The van der Waals surface area contributed by atoms with Crippen LogP contribution in [0.5, 0.6) is 0 Å². The predicted molar refractivity (Wildman–Crippen MR) is 106 cm³/mol. The lowest BCUT2D eigenvalue weighted by Gasteiger charge is -2.18. The van der Waals surface area contributed by atoms with Crippen molar-refractivity contribution in [2.75, 3.05) is 4.90 Å². The molecule has 4 heteroatoms. The highest BCUT2D eigenvalue weighted by molar-refractivity contribution is 6.23. The molecule has 4 nitrogen and oxygen atoms in total. The van der Waals surface area contributed by atoms with Gasteiger partial charge in [-0.25, -0.2) is 4.90 Å². The molecule has 0 aromatic heterocycles. The van der Waals surface area contributed by atoms with E-state index in [2.05, 4.69) is 12.2 Å². The first-order valence-electron chi connectivity index (χ1n) is 9.74. The third-order valence-electron chi connectivity index (χ3n) is 6.61. The van der Waals surface area contributed by atoms with Gasteiger partial charge in [0.25, 0.3) is 0 Å². The number of aryl methyl sites for hydroxylation is 2. The van der Waals surface area contributed by atoms with E-state index >= 15 is 0 Å². The third kappa shape index (κ3) is 2.34. The molecule has 1 saturated carbocycles. The van der Waals surface area contributed by atoms with Gasteiger partial charge in [0.2, 0.25) is 11.8 Å². The first-order valence-corrected chi connectivity index (χ1v) is 9.74. The zero-order valence-electron chi connectivity index (χ0n) is 15.9. The standard InChI is InChI=1S/C24H21NO3/c1-13-6-7-18(10-14(13)2)22(26)17-4-3-5-19(12-17)25-23(27)20-15-8-9-16(11-15)21(20)24(25)28/h3-10,12,15-16,20-21H,11H2,1-2H3/t15-,16-,20-,21+/m1/s1. The van der Waals surface area contributed by atoms with Gasteiger partial charge in [0.05, 0.1) is 17.5 Å². The van der Waals surface area contributed by atoms with E-state index in [1.165, 1.54) is 4.90 Å². The smallest absolute Gasteiger partial charge is 0.238 e. The van der Waals surface area contributed by atoms with E-state index in [0.29, 0.717) is 16.8 Å². The van der Waals surface area contributed by atoms with Crippen molar-refractivity contribution < 1.29 is 14.4 Å². The molecule has 0 unspecified atom stereocenters. The van der Waals surface area contributed by atoms with Crippen molar-refractivity contribution in [2.24, 2.45) is 23.7 Å². The summed E-state index contributed by atoms with van der Waals surface area (Å²) in [6.45, 7) is 3.98. The van der Waals surface area contributed by atoms with Crippen molar-refractivity contribution in [1.82, 2.24) is 0 Å². The SMILES string of the molecule is Cc1ccc(C(=O)c2cccc(N3C(=O)[C@@H]4[C@H](C3=O)[C@@H]3C=C[C@@H]4C3)c2)cc1C. The lowest BCUT2D eigenvalue weighted by Crippen LogP contribution is -2.33. The predicted octanol–water partition coefficient (Wildman–Crippen LogP) is 3.85. The molecule has 5 rings (SSSR count). The number of carbonyl (C=O) groups is 3. The molecule has 28 heavy (non-hydrogen) atoms. The van der Waals surface area contributed by atoms with E-state index in [1.54, 1.807) is 24.3 Å². The molecule has 2 aliphatic carbocycles. The fraction of sp³-hybridized carbons (Fsp3) is 0.292. The van der Waals surface area contributed by atoms with E-state index in [4.69, 9.17) is 0 Å². The summed E-state index contributed by atoms with van der Waals surface area (Å²) in [6, 6.07) is 12.5. The van der Waals surface area contributed by atoms with Crippen LogP contribution in [0.3, 0.4) is 0 Å². The van der Waals surface area contributed by atoms with Crippen LogP contribution in [0.25, 0.3) is 0 Å². The van der Waals surface area contributed by atoms with Crippen LogP contribution in [-0.4, -0.2) is 17.6 Å². The van der Waals surface area contributed by atoms with Crippen LogP contribution >= 0.6 is 0 Å². The number of ketones is 1. The van der Waals surface area contributed by atoms with E-state index in [-0.39, 0.29) is 41.3 Å². The van der Waals surface area contributed by atoms with Crippen LogP contribution in [0.4, 0.5) is 5.69 Å². The van der Waals surface area contributed by atoms with Crippen molar-refractivity contribution in [3.63, 3.8) is 0 Å². The van der Waals surface area contributed by atoms with Gasteiger partial charge in [0.15, 0.2) is 5.78 Å². The molecule has 0 radical (unpaired) electrons.